The fourth-order valence-electron chi connectivity index (χ4n) is 4.75. The second-order valence-electron chi connectivity index (χ2n) is 8.63. The summed E-state index contributed by atoms with van der Waals surface area (Å²) in [7, 11) is 0. The largest absolute Gasteiger partial charge is 0.361 e. The van der Waals surface area contributed by atoms with Crippen molar-refractivity contribution in [2.24, 2.45) is 0 Å². The van der Waals surface area contributed by atoms with Gasteiger partial charge in [0.25, 0.3) is 0 Å². The third-order valence-electron chi connectivity index (χ3n) is 6.75. The lowest BCUT2D eigenvalue weighted by Gasteiger charge is -2.24. The van der Waals surface area contributed by atoms with Crippen LogP contribution in [0.15, 0.2) is 9.90 Å². The molecule has 1 saturated heterocycles. The number of fused-ring (bicyclic) bond motifs is 1. The molecule has 29 heavy (non-hydrogen) atoms. The van der Waals surface area contributed by atoms with Gasteiger partial charge in [-0.2, -0.15) is 0 Å². The van der Waals surface area contributed by atoms with Gasteiger partial charge in [0.2, 0.25) is 5.91 Å². The smallest absolute Gasteiger partial charge is 0.222 e. The van der Waals surface area contributed by atoms with Gasteiger partial charge in [0.15, 0.2) is 0 Å². The van der Waals surface area contributed by atoms with Crippen molar-refractivity contribution in [3.63, 3.8) is 0 Å². The fourth-order valence-corrected chi connectivity index (χ4v) is 5.82. The Morgan fingerprint density at radius 3 is 2.76 bits per heavy atom. The number of imidazole rings is 1. The van der Waals surface area contributed by atoms with Crippen molar-refractivity contribution in [3.8, 4) is 0 Å². The van der Waals surface area contributed by atoms with E-state index in [0.717, 1.165) is 36.5 Å². The number of nitrogens with zero attached hydrogens (tertiary/aromatic N) is 4. The summed E-state index contributed by atoms with van der Waals surface area (Å²) in [5.41, 5.74) is 4.47. The number of aromatic nitrogens is 3. The van der Waals surface area contributed by atoms with Crippen molar-refractivity contribution < 1.29 is 9.32 Å². The van der Waals surface area contributed by atoms with Gasteiger partial charge in [0.05, 0.1) is 11.4 Å². The van der Waals surface area contributed by atoms with Crippen LogP contribution in [0.1, 0.15) is 78.2 Å². The average molecular weight is 413 g/mol. The maximum absolute atomic E-state index is 12.8. The van der Waals surface area contributed by atoms with E-state index in [1.54, 1.807) is 11.3 Å². The lowest BCUT2D eigenvalue weighted by Crippen LogP contribution is -2.28. The zero-order valence-corrected chi connectivity index (χ0v) is 18.2. The van der Waals surface area contributed by atoms with Crippen LogP contribution in [0.4, 0.5) is 0 Å². The van der Waals surface area contributed by atoms with Crippen LogP contribution in [0, 0.1) is 20.8 Å². The predicted molar refractivity (Wildman–Crippen MR) is 113 cm³/mol. The first-order valence-corrected chi connectivity index (χ1v) is 11.6. The van der Waals surface area contributed by atoms with E-state index in [0.29, 0.717) is 24.7 Å². The van der Waals surface area contributed by atoms with Gasteiger partial charge in [-0.15, -0.1) is 11.3 Å². The lowest BCUT2D eigenvalue weighted by atomic mass is 9.85. The Morgan fingerprint density at radius 1 is 1.24 bits per heavy atom. The van der Waals surface area contributed by atoms with E-state index in [9.17, 15) is 4.79 Å². The van der Waals surface area contributed by atoms with Crippen molar-refractivity contribution in [2.75, 3.05) is 13.1 Å². The molecule has 2 aliphatic rings. The van der Waals surface area contributed by atoms with Crippen molar-refractivity contribution in [1.29, 1.82) is 0 Å². The topological polar surface area (TPSA) is 63.6 Å². The minimum Gasteiger partial charge on any atom is -0.361 e. The zero-order chi connectivity index (χ0) is 20.1. The van der Waals surface area contributed by atoms with Gasteiger partial charge in [-0.05, 0) is 46.5 Å². The number of hydrogen-bond acceptors (Lipinski definition) is 5. The monoisotopic (exact) mass is 412 g/mol. The van der Waals surface area contributed by atoms with E-state index in [1.165, 1.54) is 41.3 Å². The molecule has 0 aromatic carbocycles. The molecule has 0 N–H and O–H groups in total. The zero-order valence-electron chi connectivity index (χ0n) is 17.4. The molecule has 0 radical (unpaired) electrons. The van der Waals surface area contributed by atoms with E-state index in [4.69, 9.17) is 9.51 Å². The summed E-state index contributed by atoms with van der Waals surface area (Å²) >= 11 is 1.80. The van der Waals surface area contributed by atoms with Crippen molar-refractivity contribution in [1.82, 2.24) is 19.4 Å². The van der Waals surface area contributed by atoms with E-state index in [-0.39, 0.29) is 5.91 Å². The Bertz CT molecular complexity index is 1040. The van der Waals surface area contributed by atoms with Crippen LogP contribution < -0.4 is 0 Å². The van der Waals surface area contributed by atoms with Gasteiger partial charge < -0.3 is 9.42 Å². The minimum atomic E-state index is 0.226. The number of aryl methyl sites for hydroxylation is 3. The number of likely N-dealkylation sites (tertiary alicyclic amines) is 1. The van der Waals surface area contributed by atoms with Gasteiger partial charge in [-0.25, -0.2) is 4.98 Å². The van der Waals surface area contributed by atoms with Gasteiger partial charge in [0.1, 0.15) is 16.4 Å². The summed E-state index contributed by atoms with van der Waals surface area (Å²) < 4.78 is 7.60. The Balaban J connectivity index is 1.30. The molecule has 3 aromatic rings. The number of thiazole rings is 1. The van der Waals surface area contributed by atoms with Crippen molar-refractivity contribution >= 4 is 22.1 Å². The molecule has 4 heterocycles. The van der Waals surface area contributed by atoms with Gasteiger partial charge in [-0.1, -0.05) is 11.6 Å². The number of carbonyl (C=O) groups excluding carboxylic acids is 1. The van der Waals surface area contributed by atoms with Crippen molar-refractivity contribution in [3.05, 3.63) is 39.6 Å². The second-order valence-corrected chi connectivity index (χ2v) is 9.49. The van der Waals surface area contributed by atoms with Crippen LogP contribution in [0.5, 0.6) is 0 Å². The van der Waals surface area contributed by atoms with Crippen LogP contribution >= 0.6 is 11.3 Å². The maximum atomic E-state index is 12.8. The molecule has 6 nitrogen and oxygen atoms in total. The first-order valence-electron chi connectivity index (χ1n) is 10.7. The molecule has 0 bridgehead atoms. The molecule has 154 valence electrons. The Morgan fingerprint density at radius 2 is 2.07 bits per heavy atom. The summed E-state index contributed by atoms with van der Waals surface area (Å²) in [4.78, 5) is 21.3. The quantitative estimate of drug-likeness (QED) is 0.618. The SMILES string of the molecule is Cc1noc(C)c1CCC(=O)N1CC[C@H](c2nc(C3CCC3)n3c(C)csc23)C1. The highest BCUT2D eigenvalue weighted by molar-refractivity contribution is 7.15. The number of amides is 1. The van der Waals surface area contributed by atoms with E-state index < -0.39 is 0 Å². The lowest BCUT2D eigenvalue weighted by molar-refractivity contribution is -0.130. The average Bonchev–Trinajstić information content (AvgIpc) is 3.40. The first kappa shape index (κ1) is 18.9. The molecule has 1 aliphatic carbocycles. The Kier molecular flexibility index (Phi) is 4.73. The number of hydrogen-bond donors (Lipinski definition) is 0. The van der Waals surface area contributed by atoms with E-state index in [2.05, 4.69) is 21.9 Å². The minimum absolute atomic E-state index is 0.226. The standard InChI is InChI=1S/C22H28N4O2S/c1-13-12-29-22-20(23-21(26(13)22)16-5-4-6-16)17-9-10-25(11-17)19(27)8-7-18-14(2)24-28-15(18)3/h12,16-17H,4-11H2,1-3H3/t17-/m0/s1. The molecule has 1 amide bonds. The maximum Gasteiger partial charge on any atom is 0.222 e. The van der Waals surface area contributed by atoms with E-state index >= 15 is 0 Å². The van der Waals surface area contributed by atoms with Crippen LogP contribution in [0.2, 0.25) is 0 Å². The molecule has 7 heteroatoms. The predicted octanol–water partition coefficient (Wildman–Crippen LogP) is 4.53. The summed E-state index contributed by atoms with van der Waals surface area (Å²) in [6.45, 7) is 7.64. The Labute approximate surface area is 174 Å². The molecule has 1 atom stereocenters. The highest BCUT2D eigenvalue weighted by Gasteiger charge is 2.33. The molecule has 3 aromatic heterocycles. The van der Waals surface area contributed by atoms with Gasteiger partial charge in [-0.3, -0.25) is 9.20 Å². The fraction of sp³-hybridized carbons (Fsp3) is 0.591. The molecule has 0 unspecified atom stereocenters. The summed E-state index contributed by atoms with van der Waals surface area (Å²) in [5, 5.41) is 6.23. The summed E-state index contributed by atoms with van der Waals surface area (Å²) in [5.74, 6) is 3.26. The van der Waals surface area contributed by atoms with Gasteiger partial charge in [0, 0.05) is 48.0 Å². The third-order valence-corrected chi connectivity index (χ3v) is 7.82. The first-order chi connectivity index (χ1) is 14.0. The number of rotatable bonds is 5. The van der Waals surface area contributed by atoms with Crippen LogP contribution in [-0.2, 0) is 11.2 Å². The summed E-state index contributed by atoms with van der Waals surface area (Å²) in [6, 6.07) is 0. The van der Waals surface area contributed by atoms with Crippen LogP contribution in [0.3, 0.4) is 0 Å². The molecule has 1 aliphatic heterocycles. The van der Waals surface area contributed by atoms with Crippen LogP contribution in [0.25, 0.3) is 4.83 Å². The molecular formula is C22H28N4O2S. The highest BCUT2D eigenvalue weighted by Crippen LogP contribution is 2.41. The molecule has 2 fully saturated rings. The molecule has 5 rings (SSSR count). The third kappa shape index (κ3) is 3.19. The Hall–Kier alpha value is -2.15. The van der Waals surface area contributed by atoms with Crippen LogP contribution in [-0.4, -0.2) is 38.4 Å². The van der Waals surface area contributed by atoms with E-state index in [1.807, 2.05) is 18.7 Å². The van der Waals surface area contributed by atoms with Gasteiger partial charge >= 0.3 is 0 Å². The molecular weight excluding hydrogens is 384 g/mol. The number of carbonyl (C=O) groups is 1. The molecule has 0 spiro atoms. The second kappa shape index (κ2) is 7.27. The normalized spacial score (nSPS) is 20.0. The summed E-state index contributed by atoms with van der Waals surface area (Å²) in [6.07, 6.45) is 6.04. The highest BCUT2D eigenvalue weighted by atomic mass is 32.1. The molecule has 1 saturated carbocycles. The van der Waals surface area contributed by atoms with Crippen molar-refractivity contribution in [2.45, 2.75) is 71.1 Å².